The fourth-order valence-corrected chi connectivity index (χ4v) is 2.97. The molecule has 0 atom stereocenters. The summed E-state index contributed by atoms with van der Waals surface area (Å²) in [6.07, 6.45) is -0.801. The molecule has 9 heteroatoms. The van der Waals surface area contributed by atoms with E-state index in [-0.39, 0.29) is 24.3 Å². The van der Waals surface area contributed by atoms with E-state index in [9.17, 15) is 9.59 Å². The number of nitrogen functional groups attached to an aromatic ring is 1. The third kappa shape index (κ3) is 3.90. The van der Waals surface area contributed by atoms with Crippen molar-refractivity contribution >= 4 is 49.5 Å². The minimum Gasteiger partial charge on any atom is -0.451 e. The molecule has 0 aromatic heterocycles. The van der Waals surface area contributed by atoms with Gasteiger partial charge in [0.05, 0.1) is 24.4 Å². The molecule has 0 saturated carbocycles. The standard InChI is InChI=1S/C13H14Br2N4O3/c1-3-18(19(5-4-16)13(21)22-2)12(20)9-6-8(14)7-10(15)11(9)17/h6-7H,3,5,17H2,1-2H3. The Bertz CT molecular complexity index is 630. The van der Waals surface area contributed by atoms with Crippen molar-refractivity contribution in [3.63, 3.8) is 0 Å². The first-order valence-corrected chi connectivity index (χ1v) is 7.74. The van der Waals surface area contributed by atoms with Crippen molar-refractivity contribution in [3.8, 4) is 6.07 Å². The molecular weight excluding hydrogens is 420 g/mol. The number of rotatable bonds is 3. The molecule has 22 heavy (non-hydrogen) atoms. The lowest BCUT2D eigenvalue weighted by molar-refractivity contribution is 0.00235. The number of nitrogens with zero attached hydrogens (tertiary/aromatic N) is 3. The Kier molecular flexibility index (Phi) is 6.64. The molecule has 1 aromatic carbocycles. The van der Waals surface area contributed by atoms with Crippen LogP contribution >= 0.6 is 31.9 Å². The van der Waals surface area contributed by atoms with Crippen LogP contribution in [-0.2, 0) is 4.74 Å². The second-order valence-corrected chi connectivity index (χ2v) is 5.83. The van der Waals surface area contributed by atoms with Gasteiger partial charge in [-0.1, -0.05) is 15.9 Å². The zero-order valence-electron chi connectivity index (χ0n) is 12.0. The minimum absolute atomic E-state index is 0.166. The maximum Gasteiger partial charge on any atom is 0.429 e. The molecule has 0 heterocycles. The van der Waals surface area contributed by atoms with Crippen LogP contribution in [0.3, 0.4) is 0 Å². The highest BCUT2D eigenvalue weighted by molar-refractivity contribution is 9.11. The van der Waals surface area contributed by atoms with Gasteiger partial charge in [0, 0.05) is 15.5 Å². The predicted octanol–water partition coefficient (Wildman–Crippen LogP) is 2.76. The van der Waals surface area contributed by atoms with Crippen LogP contribution in [0.15, 0.2) is 21.1 Å². The van der Waals surface area contributed by atoms with Crippen LogP contribution in [-0.4, -0.2) is 42.2 Å². The monoisotopic (exact) mass is 432 g/mol. The van der Waals surface area contributed by atoms with E-state index < -0.39 is 12.0 Å². The van der Waals surface area contributed by atoms with Gasteiger partial charge in [-0.15, -0.1) is 0 Å². The van der Waals surface area contributed by atoms with Crippen LogP contribution in [0.1, 0.15) is 17.3 Å². The molecule has 1 rings (SSSR count). The first kappa shape index (κ1) is 18.3. The molecule has 0 aliphatic heterocycles. The van der Waals surface area contributed by atoms with Gasteiger partial charge in [0.15, 0.2) is 0 Å². The van der Waals surface area contributed by atoms with Gasteiger partial charge in [-0.2, -0.15) is 5.26 Å². The number of ether oxygens (including phenoxy) is 1. The fraction of sp³-hybridized carbons (Fsp3) is 0.308. The lowest BCUT2D eigenvalue weighted by Gasteiger charge is -2.31. The van der Waals surface area contributed by atoms with E-state index in [2.05, 4.69) is 36.6 Å². The quantitative estimate of drug-likeness (QED) is 0.448. The Balaban J connectivity index is 3.27. The van der Waals surface area contributed by atoms with E-state index in [1.54, 1.807) is 19.1 Å². The molecule has 0 radical (unpaired) electrons. The third-order valence-electron chi connectivity index (χ3n) is 2.76. The second kappa shape index (κ2) is 8.00. The number of amides is 2. The molecule has 0 unspecified atom stereocenters. The maximum absolute atomic E-state index is 12.7. The van der Waals surface area contributed by atoms with Gasteiger partial charge in [0.2, 0.25) is 0 Å². The zero-order chi connectivity index (χ0) is 16.9. The molecule has 0 aliphatic carbocycles. The first-order valence-electron chi connectivity index (χ1n) is 6.16. The Hall–Kier alpha value is -1.79. The molecule has 0 fully saturated rings. The second-order valence-electron chi connectivity index (χ2n) is 4.06. The first-order chi connectivity index (χ1) is 10.4. The smallest absolute Gasteiger partial charge is 0.429 e. The lowest BCUT2D eigenvalue weighted by atomic mass is 10.1. The molecule has 1 aromatic rings. The van der Waals surface area contributed by atoms with E-state index in [0.29, 0.717) is 8.95 Å². The number of methoxy groups -OCH3 is 1. The summed E-state index contributed by atoms with van der Waals surface area (Å²) in [5.41, 5.74) is 6.36. The number of nitriles is 1. The summed E-state index contributed by atoms with van der Waals surface area (Å²) in [6.45, 7) is 1.52. The van der Waals surface area contributed by atoms with Crippen molar-refractivity contribution in [2.75, 3.05) is 25.9 Å². The highest BCUT2D eigenvalue weighted by Gasteiger charge is 2.28. The summed E-state index contributed by atoms with van der Waals surface area (Å²) >= 11 is 6.55. The average Bonchev–Trinajstić information content (AvgIpc) is 2.49. The number of nitrogens with two attached hydrogens (primary N) is 1. The van der Waals surface area contributed by atoms with Crippen LogP contribution < -0.4 is 5.73 Å². The van der Waals surface area contributed by atoms with Crippen LogP contribution in [0.4, 0.5) is 10.5 Å². The van der Waals surface area contributed by atoms with Crippen LogP contribution in [0.5, 0.6) is 0 Å². The normalized spacial score (nSPS) is 9.77. The molecule has 0 bridgehead atoms. The highest BCUT2D eigenvalue weighted by Crippen LogP contribution is 2.29. The number of hydrazine groups is 1. The number of hydrogen-bond acceptors (Lipinski definition) is 5. The van der Waals surface area contributed by atoms with Crippen molar-refractivity contribution < 1.29 is 14.3 Å². The van der Waals surface area contributed by atoms with Gasteiger partial charge >= 0.3 is 6.09 Å². The van der Waals surface area contributed by atoms with Gasteiger partial charge in [-0.3, -0.25) is 4.79 Å². The Morgan fingerprint density at radius 1 is 1.36 bits per heavy atom. The SMILES string of the molecule is CCN(C(=O)c1cc(Br)cc(Br)c1N)N(CC#N)C(=O)OC. The number of hydrogen-bond donors (Lipinski definition) is 1. The van der Waals surface area contributed by atoms with Gasteiger partial charge < -0.3 is 10.5 Å². The number of carbonyl (C=O) groups is 2. The fourth-order valence-electron chi connectivity index (χ4n) is 1.75. The van der Waals surface area contributed by atoms with E-state index in [4.69, 9.17) is 11.0 Å². The van der Waals surface area contributed by atoms with Crippen LogP contribution in [0.25, 0.3) is 0 Å². The van der Waals surface area contributed by atoms with E-state index in [1.807, 2.05) is 6.07 Å². The predicted molar refractivity (Wildman–Crippen MR) is 87.7 cm³/mol. The summed E-state index contributed by atoms with van der Waals surface area (Å²) in [4.78, 5) is 24.4. The molecule has 2 amide bonds. The molecule has 118 valence electrons. The summed E-state index contributed by atoms with van der Waals surface area (Å²) < 4.78 is 5.80. The van der Waals surface area contributed by atoms with Gasteiger partial charge in [-0.25, -0.2) is 14.8 Å². The van der Waals surface area contributed by atoms with Crippen molar-refractivity contribution in [1.82, 2.24) is 10.0 Å². The van der Waals surface area contributed by atoms with Crippen molar-refractivity contribution in [2.24, 2.45) is 0 Å². The highest BCUT2D eigenvalue weighted by atomic mass is 79.9. The van der Waals surface area contributed by atoms with Gasteiger partial charge in [-0.05, 0) is 35.0 Å². The summed E-state index contributed by atoms with van der Waals surface area (Å²) in [5, 5.41) is 10.9. The Morgan fingerprint density at radius 2 is 2.00 bits per heavy atom. The molecule has 7 nitrogen and oxygen atoms in total. The molecule has 2 N–H and O–H groups in total. The van der Waals surface area contributed by atoms with Crippen molar-refractivity contribution in [3.05, 3.63) is 26.6 Å². The summed E-state index contributed by atoms with van der Waals surface area (Å²) in [5.74, 6) is -0.511. The topological polar surface area (TPSA) is 99.7 Å². The molecule has 0 saturated heterocycles. The Labute approximate surface area is 144 Å². The van der Waals surface area contributed by atoms with Crippen molar-refractivity contribution in [1.29, 1.82) is 5.26 Å². The van der Waals surface area contributed by atoms with Gasteiger partial charge in [0.1, 0.15) is 6.54 Å². The summed E-state index contributed by atoms with van der Waals surface area (Å²) in [6, 6.07) is 5.08. The third-order valence-corrected chi connectivity index (χ3v) is 3.87. The van der Waals surface area contributed by atoms with Crippen LogP contribution in [0.2, 0.25) is 0 Å². The van der Waals surface area contributed by atoms with E-state index in [0.717, 1.165) is 10.0 Å². The molecular formula is C13H14Br2N4O3. The number of carbonyl (C=O) groups excluding carboxylic acids is 2. The number of halogens is 2. The number of benzene rings is 1. The van der Waals surface area contributed by atoms with E-state index >= 15 is 0 Å². The zero-order valence-corrected chi connectivity index (χ0v) is 15.1. The molecule has 0 spiro atoms. The maximum atomic E-state index is 12.7. The largest absolute Gasteiger partial charge is 0.451 e. The lowest BCUT2D eigenvalue weighted by Crippen LogP contribution is -2.50. The van der Waals surface area contributed by atoms with E-state index in [1.165, 1.54) is 7.11 Å². The summed E-state index contributed by atoms with van der Waals surface area (Å²) in [7, 11) is 1.18. The minimum atomic E-state index is -0.801. The van der Waals surface area contributed by atoms with Crippen LogP contribution in [0, 0.1) is 11.3 Å². The Morgan fingerprint density at radius 3 is 2.50 bits per heavy atom. The molecule has 0 aliphatic rings. The average molecular weight is 434 g/mol. The van der Waals surface area contributed by atoms with Crippen molar-refractivity contribution in [2.45, 2.75) is 6.92 Å². The number of anilines is 1. The van der Waals surface area contributed by atoms with Gasteiger partial charge in [0.25, 0.3) is 5.91 Å².